The van der Waals surface area contributed by atoms with E-state index in [1.165, 1.54) is 23.3 Å². The van der Waals surface area contributed by atoms with Gasteiger partial charge in [-0.2, -0.15) is 0 Å². The maximum absolute atomic E-state index is 12.4. The molecule has 0 saturated carbocycles. The van der Waals surface area contributed by atoms with Gasteiger partial charge in [-0.1, -0.05) is 12.1 Å². The van der Waals surface area contributed by atoms with Crippen molar-refractivity contribution < 1.29 is 24.3 Å². The van der Waals surface area contributed by atoms with Gasteiger partial charge in [0, 0.05) is 29.7 Å². The first-order chi connectivity index (χ1) is 13.9. The summed E-state index contributed by atoms with van der Waals surface area (Å²) in [6, 6.07) is 11.9. The van der Waals surface area contributed by atoms with Gasteiger partial charge in [-0.3, -0.25) is 19.2 Å². The maximum Gasteiger partial charge on any atom is 0.322 e. The summed E-state index contributed by atoms with van der Waals surface area (Å²) >= 11 is 0. The van der Waals surface area contributed by atoms with E-state index < -0.39 is 18.4 Å². The second-order valence-corrected chi connectivity index (χ2v) is 6.96. The Hall–Kier alpha value is -3.48. The number of Topliss-reactive ketones (excluding diaryl/α,β-unsaturated/α-hetero) is 1. The molecule has 0 bridgehead atoms. The van der Waals surface area contributed by atoms with E-state index in [0.29, 0.717) is 11.3 Å². The number of anilines is 1. The Bertz CT molecular complexity index is 950. The Balaban J connectivity index is 1.48. The van der Waals surface area contributed by atoms with Gasteiger partial charge in [-0.05, 0) is 60.7 Å². The lowest BCUT2D eigenvalue weighted by Crippen LogP contribution is -2.29. The second-order valence-electron chi connectivity index (χ2n) is 6.96. The molecule has 0 aromatic heterocycles. The van der Waals surface area contributed by atoms with Crippen molar-refractivity contribution in [1.29, 1.82) is 0 Å². The molecule has 0 heterocycles. The molecule has 2 aromatic carbocycles. The fourth-order valence-electron chi connectivity index (χ4n) is 3.30. The lowest BCUT2D eigenvalue weighted by atomic mass is 10.0. The van der Waals surface area contributed by atoms with Gasteiger partial charge in [0.2, 0.25) is 5.91 Å². The number of carboxylic acid groups (broad SMARTS) is 1. The molecule has 1 aliphatic carbocycles. The van der Waals surface area contributed by atoms with Crippen molar-refractivity contribution in [2.45, 2.75) is 32.1 Å². The first-order valence-corrected chi connectivity index (χ1v) is 9.47. The fourth-order valence-corrected chi connectivity index (χ4v) is 3.30. The first kappa shape index (κ1) is 20.3. The summed E-state index contributed by atoms with van der Waals surface area (Å²) in [5.74, 6) is -1.98. The first-order valence-electron chi connectivity index (χ1n) is 9.47. The Kier molecular flexibility index (Phi) is 6.39. The molecule has 0 unspecified atom stereocenters. The normalized spacial score (nSPS) is 12.1. The molecule has 3 rings (SSSR count). The van der Waals surface area contributed by atoms with Gasteiger partial charge in [0.25, 0.3) is 5.91 Å². The Morgan fingerprint density at radius 3 is 2.28 bits per heavy atom. The number of hydrogen-bond donors (Lipinski definition) is 3. The number of hydrogen-bond acceptors (Lipinski definition) is 4. The van der Waals surface area contributed by atoms with Gasteiger partial charge in [0.1, 0.15) is 6.54 Å². The summed E-state index contributed by atoms with van der Waals surface area (Å²) in [7, 11) is 0. The minimum absolute atomic E-state index is 0.0553. The summed E-state index contributed by atoms with van der Waals surface area (Å²) in [5, 5.41) is 13.5. The van der Waals surface area contributed by atoms with Crippen molar-refractivity contribution in [2.75, 3.05) is 11.9 Å². The van der Waals surface area contributed by atoms with Crippen LogP contribution in [0.15, 0.2) is 42.5 Å². The van der Waals surface area contributed by atoms with Crippen LogP contribution in [0.4, 0.5) is 5.69 Å². The van der Waals surface area contributed by atoms with E-state index >= 15 is 0 Å². The van der Waals surface area contributed by atoms with Gasteiger partial charge in [-0.25, -0.2) is 0 Å². The van der Waals surface area contributed by atoms with Crippen LogP contribution in [0.3, 0.4) is 0 Å². The average Bonchev–Trinajstić information content (AvgIpc) is 3.18. The molecule has 7 nitrogen and oxygen atoms in total. The zero-order valence-corrected chi connectivity index (χ0v) is 15.9. The van der Waals surface area contributed by atoms with E-state index in [2.05, 4.69) is 10.6 Å². The van der Waals surface area contributed by atoms with Gasteiger partial charge in [0.15, 0.2) is 5.78 Å². The molecule has 0 spiro atoms. The van der Waals surface area contributed by atoms with E-state index in [1.54, 1.807) is 12.1 Å². The smallest absolute Gasteiger partial charge is 0.322 e. The van der Waals surface area contributed by atoms with Crippen LogP contribution in [-0.2, 0) is 22.4 Å². The van der Waals surface area contributed by atoms with Crippen LogP contribution in [0.1, 0.15) is 51.1 Å². The third-order valence-electron chi connectivity index (χ3n) is 4.83. The van der Waals surface area contributed by atoms with Crippen molar-refractivity contribution in [3.8, 4) is 0 Å². The topological polar surface area (TPSA) is 113 Å². The molecule has 0 fully saturated rings. The van der Waals surface area contributed by atoms with E-state index in [1.807, 2.05) is 18.2 Å². The number of nitrogens with one attached hydrogen (secondary N) is 2. The van der Waals surface area contributed by atoms with Gasteiger partial charge >= 0.3 is 5.97 Å². The van der Waals surface area contributed by atoms with Crippen molar-refractivity contribution in [1.82, 2.24) is 5.32 Å². The Morgan fingerprint density at radius 2 is 1.55 bits per heavy atom. The molecule has 0 atom stereocenters. The zero-order valence-electron chi connectivity index (χ0n) is 15.9. The van der Waals surface area contributed by atoms with Gasteiger partial charge in [-0.15, -0.1) is 0 Å². The standard InChI is InChI=1S/C22H22N2O5/c25-19(17-5-4-14-2-1-3-16(14)12-17)10-11-20(26)24-18-8-6-15(7-9-18)22(29)23-13-21(27)28/h4-9,12H,1-3,10-11,13H2,(H,23,29)(H,24,26)(H,27,28). The van der Waals surface area contributed by atoms with Crippen molar-refractivity contribution in [2.24, 2.45) is 0 Å². The molecular weight excluding hydrogens is 372 g/mol. The van der Waals surface area contributed by atoms with E-state index in [4.69, 9.17) is 5.11 Å². The van der Waals surface area contributed by atoms with Crippen LogP contribution >= 0.6 is 0 Å². The van der Waals surface area contributed by atoms with Crippen molar-refractivity contribution >= 4 is 29.3 Å². The number of carbonyl (C=O) groups excluding carboxylic acids is 3. The largest absolute Gasteiger partial charge is 0.480 e. The highest BCUT2D eigenvalue weighted by Gasteiger charge is 2.15. The summed E-state index contributed by atoms with van der Waals surface area (Å²) in [6.07, 6.45) is 3.37. The summed E-state index contributed by atoms with van der Waals surface area (Å²) in [4.78, 5) is 46.7. The molecular formula is C22H22N2O5. The number of ketones is 1. The van der Waals surface area contributed by atoms with Crippen LogP contribution in [0, 0.1) is 0 Å². The highest BCUT2D eigenvalue weighted by atomic mass is 16.4. The monoisotopic (exact) mass is 394 g/mol. The summed E-state index contributed by atoms with van der Waals surface area (Å²) < 4.78 is 0. The Labute approximate surface area is 168 Å². The van der Waals surface area contributed by atoms with Crippen LogP contribution in [-0.4, -0.2) is 35.2 Å². The molecule has 0 saturated heterocycles. The lowest BCUT2D eigenvalue weighted by Gasteiger charge is -2.07. The number of aryl methyl sites for hydroxylation is 2. The zero-order chi connectivity index (χ0) is 20.8. The maximum atomic E-state index is 12.4. The molecule has 0 aliphatic heterocycles. The van der Waals surface area contributed by atoms with Crippen molar-refractivity contribution in [3.05, 3.63) is 64.7 Å². The average molecular weight is 394 g/mol. The van der Waals surface area contributed by atoms with Crippen LogP contribution in [0.25, 0.3) is 0 Å². The molecule has 7 heteroatoms. The highest BCUT2D eigenvalue weighted by molar-refractivity contribution is 6.00. The predicted molar refractivity (Wildman–Crippen MR) is 107 cm³/mol. The Morgan fingerprint density at radius 1 is 0.862 bits per heavy atom. The third-order valence-corrected chi connectivity index (χ3v) is 4.83. The van der Waals surface area contributed by atoms with Crippen LogP contribution in [0.5, 0.6) is 0 Å². The van der Waals surface area contributed by atoms with Crippen LogP contribution < -0.4 is 10.6 Å². The summed E-state index contributed by atoms with van der Waals surface area (Å²) in [5.41, 5.74) is 3.97. The van der Waals surface area contributed by atoms with E-state index in [9.17, 15) is 19.2 Å². The second kappa shape index (κ2) is 9.14. The molecule has 150 valence electrons. The highest BCUT2D eigenvalue weighted by Crippen LogP contribution is 2.23. The van der Waals surface area contributed by atoms with Crippen molar-refractivity contribution in [3.63, 3.8) is 0 Å². The van der Waals surface area contributed by atoms with Crippen LogP contribution in [0.2, 0.25) is 0 Å². The molecule has 3 N–H and O–H groups in total. The fraction of sp³-hybridized carbons (Fsp3) is 0.273. The lowest BCUT2D eigenvalue weighted by molar-refractivity contribution is -0.135. The molecule has 29 heavy (non-hydrogen) atoms. The molecule has 0 radical (unpaired) electrons. The van der Waals surface area contributed by atoms with Gasteiger partial charge < -0.3 is 15.7 Å². The number of amides is 2. The number of rotatable bonds is 8. The SMILES string of the molecule is O=C(O)CNC(=O)c1ccc(NC(=O)CCC(=O)c2ccc3c(c2)CCC3)cc1. The van der Waals surface area contributed by atoms with E-state index in [0.717, 1.165) is 19.3 Å². The number of benzene rings is 2. The number of aliphatic carboxylic acids is 1. The number of carbonyl (C=O) groups is 4. The number of fused-ring (bicyclic) bond motifs is 1. The molecule has 1 aliphatic rings. The quantitative estimate of drug-likeness (QED) is 0.596. The number of carboxylic acids is 1. The minimum atomic E-state index is -1.13. The molecule has 2 amide bonds. The summed E-state index contributed by atoms with van der Waals surface area (Å²) in [6.45, 7) is -0.463. The third kappa shape index (κ3) is 5.51. The van der Waals surface area contributed by atoms with E-state index in [-0.39, 0.29) is 30.1 Å². The molecule has 2 aromatic rings. The van der Waals surface area contributed by atoms with Gasteiger partial charge in [0.05, 0.1) is 0 Å². The minimum Gasteiger partial charge on any atom is -0.480 e. The predicted octanol–water partition coefficient (Wildman–Crippen LogP) is 2.59.